The molecule has 0 N–H and O–H groups in total. The molecule has 5 heteroatoms. The molecule has 0 spiro atoms. The Hall–Kier alpha value is -1.45. The molecule has 2 aromatic rings. The van der Waals surface area contributed by atoms with Gasteiger partial charge in [0.15, 0.2) is 5.78 Å². The number of rotatable bonds is 2. The van der Waals surface area contributed by atoms with E-state index in [2.05, 4.69) is 0 Å². The van der Waals surface area contributed by atoms with Gasteiger partial charge in [-0.1, -0.05) is 35.3 Å². The van der Waals surface area contributed by atoms with Gasteiger partial charge in [0, 0.05) is 5.56 Å². The van der Waals surface area contributed by atoms with Crippen LogP contribution in [-0.2, 0) is 0 Å². The molecule has 0 fully saturated rings. The molecule has 1 nitrogen and oxygen atoms in total. The lowest BCUT2D eigenvalue weighted by molar-refractivity contribution is 0.103. The molecule has 0 aliphatic heterocycles. The molecular formula is C13H6Cl2F2O. The molecule has 2 rings (SSSR count). The largest absolute Gasteiger partial charge is 0.288 e. The van der Waals surface area contributed by atoms with Gasteiger partial charge in [-0.05, 0) is 24.3 Å². The molecule has 0 aliphatic rings. The van der Waals surface area contributed by atoms with E-state index in [0.717, 1.165) is 12.1 Å². The second-order valence-electron chi connectivity index (χ2n) is 3.56. The lowest BCUT2D eigenvalue weighted by Crippen LogP contribution is -2.06. The van der Waals surface area contributed by atoms with Crippen molar-refractivity contribution in [3.8, 4) is 0 Å². The Balaban J connectivity index is 2.53. The van der Waals surface area contributed by atoms with Crippen molar-refractivity contribution in [1.82, 2.24) is 0 Å². The van der Waals surface area contributed by atoms with Crippen LogP contribution in [0.1, 0.15) is 15.9 Å². The average Bonchev–Trinajstić information content (AvgIpc) is 2.33. The van der Waals surface area contributed by atoms with Crippen LogP contribution in [0.15, 0.2) is 36.4 Å². The summed E-state index contributed by atoms with van der Waals surface area (Å²) in [7, 11) is 0. The topological polar surface area (TPSA) is 17.1 Å². The molecule has 2 aromatic carbocycles. The van der Waals surface area contributed by atoms with Gasteiger partial charge in [0.05, 0.1) is 15.6 Å². The molecule has 0 amide bonds. The zero-order valence-corrected chi connectivity index (χ0v) is 10.4. The highest BCUT2D eigenvalue weighted by atomic mass is 35.5. The van der Waals surface area contributed by atoms with E-state index in [1.54, 1.807) is 12.1 Å². The van der Waals surface area contributed by atoms with Gasteiger partial charge < -0.3 is 0 Å². The zero-order valence-electron chi connectivity index (χ0n) is 8.88. The van der Waals surface area contributed by atoms with Crippen molar-refractivity contribution < 1.29 is 13.6 Å². The second-order valence-corrected chi connectivity index (χ2v) is 4.37. The van der Waals surface area contributed by atoms with Crippen LogP contribution in [0.25, 0.3) is 0 Å². The Morgan fingerprint density at radius 3 is 2.22 bits per heavy atom. The fourth-order valence-electron chi connectivity index (χ4n) is 1.49. The molecule has 0 radical (unpaired) electrons. The number of ketones is 1. The lowest BCUT2D eigenvalue weighted by Gasteiger charge is -2.05. The first-order chi connectivity index (χ1) is 8.50. The molecule has 0 unspecified atom stereocenters. The van der Waals surface area contributed by atoms with E-state index in [4.69, 9.17) is 23.2 Å². The molecule has 0 bridgehead atoms. The van der Waals surface area contributed by atoms with Gasteiger partial charge in [0.25, 0.3) is 0 Å². The molecule has 0 saturated heterocycles. The van der Waals surface area contributed by atoms with Gasteiger partial charge in [0.2, 0.25) is 0 Å². The maximum absolute atomic E-state index is 13.6. The fourth-order valence-corrected chi connectivity index (χ4v) is 1.86. The summed E-state index contributed by atoms with van der Waals surface area (Å²) in [5.41, 5.74) is -0.287. The first-order valence-corrected chi connectivity index (χ1v) is 5.70. The van der Waals surface area contributed by atoms with Gasteiger partial charge in [-0.25, -0.2) is 8.78 Å². The van der Waals surface area contributed by atoms with E-state index in [1.807, 2.05) is 0 Å². The summed E-state index contributed by atoms with van der Waals surface area (Å²) >= 11 is 11.2. The second kappa shape index (κ2) is 5.04. The van der Waals surface area contributed by atoms with Crippen LogP contribution in [-0.4, -0.2) is 5.78 Å². The lowest BCUT2D eigenvalue weighted by atomic mass is 10.0. The van der Waals surface area contributed by atoms with Crippen LogP contribution in [0.2, 0.25) is 10.0 Å². The summed E-state index contributed by atoms with van der Waals surface area (Å²) in [4.78, 5) is 12.0. The Morgan fingerprint density at radius 1 is 0.889 bits per heavy atom. The van der Waals surface area contributed by atoms with E-state index in [-0.39, 0.29) is 15.6 Å². The quantitative estimate of drug-likeness (QED) is 0.587. The highest BCUT2D eigenvalue weighted by Crippen LogP contribution is 2.24. The summed E-state index contributed by atoms with van der Waals surface area (Å²) in [5.74, 6) is -2.42. The monoisotopic (exact) mass is 286 g/mol. The van der Waals surface area contributed by atoms with Crippen LogP contribution in [0, 0.1) is 11.6 Å². The Morgan fingerprint density at radius 2 is 1.56 bits per heavy atom. The average molecular weight is 287 g/mol. The molecule has 0 heterocycles. The predicted octanol–water partition coefficient (Wildman–Crippen LogP) is 4.50. The zero-order chi connectivity index (χ0) is 13.3. The Kier molecular flexibility index (Phi) is 3.64. The Labute approximate surface area is 112 Å². The number of hydrogen-bond acceptors (Lipinski definition) is 1. The van der Waals surface area contributed by atoms with Gasteiger partial charge in [-0.3, -0.25) is 4.79 Å². The summed E-state index contributed by atoms with van der Waals surface area (Å²) in [6.45, 7) is 0. The van der Waals surface area contributed by atoms with Crippen molar-refractivity contribution in [1.29, 1.82) is 0 Å². The minimum atomic E-state index is -0.883. The third-order valence-electron chi connectivity index (χ3n) is 2.37. The number of hydrogen-bond donors (Lipinski definition) is 0. The van der Waals surface area contributed by atoms with E-state index in [0.29, 0.717) is 0 Å². The summed E-state index contributed by atoms with van der Waals surface area (Å²) < 4.78 is 26.8. The number of carbonyl (C=O) groups is 1. The molecule has 18 heavy (non-hydrogen) atoms. The van der Waals surface area contributed by atoms with Crippen molar-refractivity contribution in [3.05, 3.63) is 69.2 Å². The summed E-state index contributed by atoms with van der Waals surface area (Å²) in [6, 6.07) is 7.70. The van der Waals surface area contributed by atoms with E-state index < -0.39 is 23.0 Å². The molecule has 0 aliphatic carbocycles. The highest BCUT2D eigenvalue weighted by molar-refractivity contribution is 6.35. The summed E-state index contributed by atoms with van der Waals surface area (Å²) in [6.07, 6.45) is 0. The smallest absolute Gasteiger partial charge is 0.197 e. The number of carbonyl (C=O) groups excluding carboxylic acids is 1. The fraction of sp³-hybridized carbons (Fsp3) is 0. The van der Waals surface area contributed by atoms with Crippen molar-refractivity contribution in [2.45, 2.75) is 0 Å². The minimum Gasteiger partial charge on any atom is -0.288 e. The minimum absolute atomic E-state index is 0.111. The van der Waals surface area contributed by atoms with Crippen molar-refractivity contribution in [3.63, 3.8) is 0 Å². The van der Waals surface area contributed by atoms with Crippen molar-refractivity contribution in [2.75, 3.05) is 0 Å². The SMILES string of the molecule is O=C(c1cc(F)c(Cl)cc1F)c1ccccc1Cl. The van der Waals surface area contributed by atoms with E-state index in [1.165, 1.54) is 12.1 Å². The van der Waals surface area contributed by atoms with Crippen LogP contribution in [0.3, 0.4) is 0 Å². The number of halogens is 4. The summed E-state index contributed by atoms with van der Waals surface area (Å²) in [5, 5.41) is -0.194. The molecule has 0 aromatic heterocycles. The highest BCUT2D eigenvalue weighted by Gasteiger charge is 2.18. The maximum Gasteiger partial charge on any atom is 0.197 e. The van der Waals surface area contributed by atoms with Gasteiger partial charge in [0.1, 0.15) is 11.6 Å². The first kappa shape index (κ1) is 13.0. The first-order valence-electron chi connectivity index (χ1n) is 4.94. The van der Waals surface area contributed by atoms with Crippen molar-refractivity contribution in [2.24, 2.45) is 0 Å². The van der Waals surface area contributed by atoms with Crippen molar-refractivity contribution >= 4 is 29.0 Å². The third-order valence-corrected chi connectivity index (χ3v) is 2.99. The molecule has 92 valence electrons. The predicted molar refractivity (Wildman–Crippen MR) is 66.3 cm³/mol. The number of benzene rings is 2. The molecule has 0 saturated carbocycles. The standard InChI is InChI=1S/C13H6Cl2F2O/c14-9-4-2-1-3-7(9)13(18)8-5-12(17)10(15)6-11(8)16/h1-6H. The molecule has 0 atom stereocenters. The van der Waals surface area contributed by atoms with Gasteiger partial charge in [-0.2, -0.15) is 0 Å². The van der Waals surface area contributed by atoms with Crippen LogP contribution in [0.5, 0.6) is 0 Å². The maximum atomic E-state index is 13.6. The van der Waals surface area contributed by atoms with Gasteiger partial charge in [-0.15, -0.1) is 0 Å². The van der Waals surface area contributed by atoms with Crippen LogP contribution in [0.4, 0.5) is 8.78 Å². The third kappa shape index (κ3) is 2.37. The van der Waals surface area contributed by atoms with E-state index in [9.17, 15) is 13.6 Å². The van der Waals surface area contributed by atoms with Crippen LogP contribution >= 0.6 is 23.2 Å². The van der Waals surface area contributed by atoms with E-state index >= 15 is 0 Å². The normalized spacial score (nSPS) is 10.4. The Bertz CT molecular complexity index is 626. The molecular weight excluding hydrogens is 281 g/mol. The van der Waals surface area contributed by atoms with Crippen LogP contribution < -0.4 is 0 Å². The van der Waals surface area contributed by atoms with Gasteiger partial charge >= 0.3 is 0 Å².